The number of rotatable bonds is 5. The number of amides is 2. The van der Waals surface area contributed by atoms with Crippen LogP contribution in [-0.2, 0) is 0 Å². The molecule has 0 aromatic heterocycles. The number of carbonyl (C=O) groups excluding carboxylic acids is 1. The van der Waals surface area contributed by atoms with Gasteiger partial charge in [0.1, 0.15) is 5.82 Å². The van der Waals surface area contributed by atoms with Gasteiger partial charge in [-0.3, -0.25) is 0 Å². The van der Waals surface area contributed by atoms with Crippen molar-refractivity contribution < 1.29 is 14.3 Å². The number of aliphatic hydroxyl groups excluding tert-OH is 1. The number of aliphatic hydroxyl groups is 1. The van der Waals surface area contributed by atoms with E-state index >= 15 is 0 Å². The molecule has 0 radical (unpaired) electrons. The van der Waals surface area contributed by atoms with Crippen molar-refractivity contribution in [2.45, 2.75) is 39.2 Å². The zero-order chi connectivity index (χ0) is 14.5. The van der Waals surface area contributed by atoms with Crippen molar-refractivity contribution in [3.63, 3.8) is 0 Å². The lowest BCUT2D eigenvalue weighted by atomic mass is 9.98. The number of aryl methyl sites for hydroxylation is 1. The van der Waals surface area contributed by atoms with E-state index in [4.69, 9.17) is 0 Å². The van der Waals surface area contributed by atoms with Gasteiger partial charge in [-0.25, -0.2) is 9.18 Å². The van der Waals surface area contributed by atoms with E-state index in [0.29, 0.717) is 12.1 Å². The van der Waals surface area contributed by atoms with Crippen molar-refractivity contribution in [3.05, 3.63) is 29.6 Å². The lowest BCUT2D eigenvalue weighted by Crippen LogP contribution is -2.50. The summed E-state index contributed by atoms with van der Waals surface area (Å²) in [4.78, 5) is 11.8. The fourth-order valence-corrected chi connectivity index (χ4v) is 1.98. The lowest BCUT2D eigenvalue weighted by Gasteiger charge is -2.28. The van der Waals surface area contributed by atoms with Gasteiger partial charge in [-0.2, -0.15) is 0 Å². The molecule has 1 aromatic carbocycles. The quantitative estimate of drug-likeness (QED) is 0.769. The number of carbonyl (C=O) groups is 1. The van der Waals surface area contributed by atoms with Gasteiger partial charge in [0.2, 0.25) is 0 Å². The zero-order valence-electron chi connectivity index (χ0n) is 11.6. The van der Waals surface area contributed by atoms with E-state index in [2.05, 4.69) is 10.6 Å². The Balaban J connectivity index is 2.69. The fraction of sp³-hybridized carbons (Fsp3) is 0.500. The van der Waals surface area contributed by atoms with Gasteiger partial charge in [0.15, 0.2) is 0 Å². The van der Waals surface area contributed by atoms with Crippen LogP contribution in [-0.4, -0.2) is 23.3 Å². The summed E-state index contributed by atoms with van der Waals surface area (Å²) in [5, 5.41) is 14.6. The maximum atomic E-state index is 13.2. The second-order valence-corrected chi connectivity index (χ2v) is 5.07. The number of hydrogen-bond donors (Lipinski definition) is 3. The molecule has 5 heteroatoms. The molecular weight excluding hydrogens is 247 g/mol. The molecule has 0 aliphatic heterocycles. The van der Waals surface area contributed by atoms with Crippen LogP contribution in [0.3, 0.4) is 0 Å². The molecule has 0 saturated heterocycles. The fourth-order valence-electron chi connectivity index (χ4n) is 1.98. The summed E-state index contributed by atoms with van der Waals surface area (Å²) in [5.74, 6) is -0.395. The number of benzene rings is 1. The molecule has 106 valence electrons. The van der Waals surface area contributed by atoms with Crippen LogP contribution in [0.5, 0.6) is 0 Å². The van der Waals surface area contributed by atoms with Gasteiger partial charge < -0.3 is 15.7 Å². The summed E-state index contributed by atoms with van der Waals surface area (Å²) in [7, 11) is 0. The number of halogens is 1. The molecule has 1 rings (SSSR count). The molecule has 19 heavy (non-hydrogen) atoms. The van der Waals surface area contributed by atoms with Crippen LogP contribution in [0.25, 0.3) is 0 Å². The standard InChI is InChI=1S/C14H21FN2O2/c1-4-5-14(3,9-18)17-13(19)16-12-7-10(2)6-11(15)8-12/h6-8,18H,4-5,9H2,1-3H3,(H2,16,17,19). The first-order chi connectivity index (χ1) is 8.88. The molecule has 0 bridgehead atoms. The molecule has 0 saturated carbocycles. The lowest BCUT2D eigenvalue weighted by molar-refractivity contribution is 0.167. The number of anilines is 1. The van der Waals surface area contributed by atoms with Crippen LogP contribution in [0.4, 0.5) is 14.9 Å². The van der Waals surface area contributed by atoms with Crippen molar-refractivity contribution in [2.24, 2.45) is 0 Å². The van der Waals surface area contributed by atoms with Gasteiger partial charge in [0.05, 0.1) is 12.1 Å². The molecule has 0 fully saturated rings. The van der Waals surface area contributed by atoms with Gasteiger partial charge in [-0.05, 0) is 44.0 Å². The normalized spacial score (nSPS) is 13.7. The molecule has 2 amide bonds. The molecule has 1 aromatic rings. The van der Waals surface area contributed by atoms with E-state index in [9.17, 15) is 14.3 Å². The SMILES string of the molecule is CCCC(C)(CO)NC(=O)Nc1cc(C)cc(F)c1. The molecule has 0 spiro atoms. The summed E-state index contributed by atoms with van der Waals surface area (Å²) in [5.41, 5.74) is 0.460. The number of hydrogen-bond acceptors (Lipinski definition) is 2. The summed E-state index contributed by atoms with van der Waals surface area (Å²) in [6.45, 7) is 5.36. The maximum Gasteiger partial charge on any atom is 0.319 e. The average Bonchev–Trinajstić information content (AvgIpc) is 2.27. The Hall–Kier alpha value is -1.62. The average molecular weight is 268 g/mol. The first-order valence-electron chi connectivity index (χ1n) is 6.36. The van der Waals surface area contributed by atoms with E-state index in [1.54, 1.807) is 19.9 Å². The topological polar surface area (TPSA) is 61.4 Å². The van der Waals surface area contributed by atoms with E-state index < -0.39 is 17.4 Å². The summed E-state index contributed by atoms with van der Waals surface area (Å²) >= 11 is 0. The second-order valence-electron chi connectivity index (χ2n) is 5.07. The maximum absolute atomic E-state index is 13.2. The molecule has 4 nitrogen and oxygen atoms in total. The highest BCUT2D eigenvalue weighted by Gasteiger charge is 2.24. The van der Waals surface area contributed by atoms with Crippen LogP contribution in [0, 0.1) is 12.7 Å². The van der Waals surface area contributed by atoms with E-state index in [1.807, 2.05) is 6.92 Å². The van der Waals surface area contributed by atoms with Crippen LogP contribution >= 0.6 is 0 Å². The van der Waals surface area contributed by atoms with E-state index in [1.165, 1.54) is 12.1 Å². The summed E-state index contributed by atoms with van der Waals surface area (Å²) in [6, 6.07) is 3.87. The van der Waals surface area contributed by atoms with E-state index in [-0.39, 0.29) is 6.61 Å². The largest absolute Gasteiger partial charge is 0.394 e. The zero-order valence-corrected chi connectivity index (χ0v) is 11.6. The molecule has 3 N–H and O–H groups in total. The van der Waals surface area contributed by atoms with Gasteiger partial charge in [0, 0.05) is 5.69 Å². The van der Waals surface area contributed by atoms with Crippen LogP contribution < -0.4 is 10.6 Å². The minimum Gasteiger partial charge on any atom is -0.394 e. The third-order valence-corrected chi connectivity index (χ3v) is 2.87. The third-order valence-electron chi connectivity index (χ3n) is 2.87. The predicted octanol–water partition coefficient (Wildman–Crippen LogP) is 2.81. The van der Waals surface area contributed by atoms with Crippen molar-refractivity contribution in [1.82, 2.24) is 5.32 Å². The molecule has 0 heterocycles. The Morgan fingerprint density at radius 3 is 2.63 bits per heavy atom. The van der Waals surface area contributed by atoms with Crippen LogP contribution in [0.1, 0.15) is 32.3 Å². The molecular formula is C14H21FN2O2. The van der Waals surface area contributed by atoms with Crippen molar-refractivity contribution in [1.29, 1.82) is 0 Å². The molecule has 1 unspecified atom stereocenters. The second kappa shape index (κ2) is 6.52. The minimum absolute atomic E-state index is 0.142. The Kier molecular flexibility index (Phi) is 5.30. The highest BCUT2D eigenvalue weighted by atomic mass is 19.1. The van der Waals surface area contributed by atoms with Crippen LogP contribution in [0.15, 0.2) is 18.2 Å². The van der Waals surface area contributed by atoms with Gasteiger partial charge in [-0.15, -0.1) is 0 Å². The number of nitrogens with one attached hydrogen (secondary N) is 2. The Morgan fingerprint density at radius 1 is 1.42 bits per heavy atom. The Bertz CT molecular complexity index is 431. The van der Waals surface area contributed by atoms with Gasteiger partial charge in [-0.1, -0.05) is 13.3 Å². The number of urea groups is 1. The highest BCUT2D eigenvalue weighted by molar-refractivity contribution is 5.89. The molecule has 1 atom stereocenters. The summed E-state index contributed by atoms with van der Waals surface area (Å²) < 4.78 is 13.2. The third kappa shape index (κ3) is 4.87. The van der Waals surface area contributed by atoms with Crippen molar-refractivity contribution in [2.75, 3.05) is 11.9 Å². The molecule has 0 aliphatic rings. The smallest absolute Gasteiger partial charge is 0.319 e. The van der Waals surface area contributed by atoms with Crippen molar-refractivity contribution >= 4 is 11.7 Å². The monoisotopic (exact) mass is 268 g/mol. The highest BCUT2D eigenvalue weighted by Crippen LogP contribution is 2.15. The van der Waals surface area contributed by atoms with Gasteiger partial charge >= 0.3 is 6.03 Å². The van der Waals surface area contributed by atoms with Gasteiger partial charge in [0.25, 0.3) is 0 Å². The first-order valence-corrected chi connectivity index (χ1v) is 6.36. The Labute approximate surface area is 113 Å². The predicted molar refractivity (Wildman–Crippen MR) is 73.7 cm³/mol. The first kappa shape index (κ1) is 15.4. The van der Waals surface area contributed by atoms with E-state index in [0.717, 1.165) is 12.0 Å². The minimum atomic E-state index is -0.665. The Morgan fingerprint density at radius 2 is 2.11 bits per heavy atom. The van der Waals surface area contributed by atoms with Crippen molar-refractivity contribution in [3.8, 4) is 0 Å². The van der Waals surface area contributed by atoms with Crippen LogP contribution in [0.2, 0.25) is 0 Å². The summed E-state index contributed by atoms with van der Waals surface area (Å²) in [6.07, 6.45) is 1.51. The molecule has 0 aliphatic carbocycles.